The summed E-state index contributed by atoms with van der Waals surface area (Å²) in [5.41, 5.74) is 0.0659. The first-order chi connectivity index (χ1) is 11.0. The van der Waals surface area contributed by atoms with E-state index in [1.54, 1.807) is 12.5 Å². The first-order valence-corrected chi connectivity index (χ1v) is 7.84. The van der Waals surface area contributed by atoms with Crippen LogP contribution >= 0.6 is 0 Å². The second-order valence-electron chi connectivity index (χ2n) is 6.51. The second kappa shape index (κ2) is 6.02. The fourth-order valence-corrected chi connectivity index (χ4v) is 3.04. The summed E-state index contributed by atoms with van der Waals surface area (Å²) in [6.45, 7) is 5.15. The molecule has 1 fully saturated rings. The predicted octanol–water partition coefficient (Wildman–Crippen LogP) is 3.06. The molecule has 0 unspecified atom stereocenters. The van der Waals surface area contributed by atoms with Crippen LogP contribution in [0, 0.1) is 11.3 Å². The van der Waals surface area contributed by atoms with Gasteiger partial charge in [0.25, 0.3) is 0 Å². The molecular weight excluding hydrogens is 294 g/mol. The van der Waals surface area contributed by atoms with Gasteiger partial charge in [-0.1, -0.05) is 0 Å². The van der Waals surface area contributed by atoms with Gasteiger partial charge in [0.2, 0.25) is 5.95 Å². The summed E-state index contributed by atoms with van der Waals surface area (Å²) in [5.74, 6) is 0.831. The van der Waals surface area contributed by atoms with Crippen molar-refractivity contribution >= 4 is 11.9 Å². The average molecular weight is 315 g/mol. The maximum Gasteiger partial charge on any atom is 0.309 e. The highest BCUT2D eigenvalue weighted by molar-refractivity contribution is 5.74. The number of furan rings is 1. The molecule has 0 radical (unpaired) electrons. The van der Waals surface area contributed by atoms with Gasteiger partial charge in [0.15, 0.2) is 5.76 Å². The Morgan fingerprint density at radius 2 is 2.09 bits per heavy atom. The summed E-state index contributed by atoms with van der Waals surface area (Å²) in [7, 11) is 0. The molecule has 1 aliphatic heterocycles. The number of aromatic nitrogens is 2. The van der Waals surface area contributed by atoms with Crippen molar-refractivity contribution in [2.45, 2.75) is 26.7 Å². The average Bonchev–Trinajstić information content (AvgIpc) is 3.09. The number of nitrogens with zero attached hydrogens (tertiary/aromatic N) is 3. The molecule has 3 rings (SSSR count). The highest BCUT2D eigenvalue weighted by Gasteiger charge is 2.38. The molecule has 2 aromatic rings. The molecule has 3 heterocycles. The maximum absolute atomic E-state index is 11.4. The zero-order valence-corrected chi connectivity index (χ0v) is 13.4. The molecule has 6 heteroatoms. The van der Waals surface area contributed by atoms with Crippen molar-refractivity contribution in [3.05, 3.63) is 30.7 Å². The van der Waals surface area contributed by atoms with Crippen molar-refractivity contribution in [1.29, 1.82) is 0 Å². The Bertz CT molecular complexity index is 674. The van der Waals surface area contributed by atoms with Crippen LogP contribution in [-0.2, 0) is 4.79 Å². The SMILES string of the molecule is CC(C)(C(=O)O)C1CCN(c2nccc(-c3ccco3)n2)CC1. The van der Waals surface area contributed by atoms with E-state index in [2.05, 4.69) is 14.9 Å². The first-order valence-electron chi connectivity index (χ1n) is 7.84. The quantitative estimate of drug-likeness (QED) is 0.934. The molecule has 23 heavy (non-hydrogen) atoms. The van der Waals surface area contributed by atoms with Crippen LogP contribution in [0.1, 0.15) is 26.7 Å². The molecule has 1 aliphatic rings. The molecule has 1 saturated heterocycles. The number of aliphatic carboxylic acids is 1. The van der Waals surface area contributed by atoms with E-state index in [0.29, 0.717) is 5.95 Å². The normalized spacial score (nSPS) is 16.5. The zero-order valence-electron chi connectivity index (χ0n) is 13.4. The monoisotopic (exact) mass is 315 g/mol. The van der Waals surface area contributed by atoms with Gasteiger partial charge in [-0.3, -0.25) is 4.79 Å². The number of hydrogen-bond acceptors (Lipinski definition) is 5. The lowest BCUT2D eigenvalue weighted by Crippen LogP contribution is -2.42. The van der Waals surface area contributed by atoms with Crippen LogP contribution in [0.25, 0.3) is 11.5 Å². The van der Waals surface area contributed by atoms with Crippen LogP contribution < -0.4 is 4.90 Å². The number of anilines is 1. The van der Waals surface area contributed by atoms with Crippen molar-refractivity contribution in [3.8, 4) is 11.5 Å². The van der Waals surface area contributed by atoms with Crippen LogP contribution in [0.3, 0.4) is 0 Å². The van der Waals surface area contributed by atoms with Crippen molar-refractivity contribution in [2.75, 3.05) is 18.0 Å². The third-order valence-corrected chi connectivity index (χ3v) is 4.77. The van der Waals surface area contributed by atoms with Crippen molar-refractivity contribution in [2.24, 2.45) is 11.3 Å². The van der Waals surface area contributed by atoms with E-state index in [9.17, 15) is 9.90 Å². The molecule has 0 aliphatic carbocycles. The molecule has 0 saturated carbocycles. The van der Waals surface area contributed by atoms with Gasteiger partial charge >= 0.3 is 5.97 Å². The van der Waals surface area contributed by atoms with Crippen molar-refractivity contribution in [3.63, 3.8) is 0 Å². The molecule has 0 atom stereocenters. The number of piperidine rings is 1. The van der Waals surface area contributed by atoms with Crippen LogP contribution in [0.4, 0.5) is 5.95 Å². The van der Waals surface area contributed by atoms with Crippen molar-refractivity contribution < 1.29 is 14.3 Å². The summed E-state index contributed by atoms with van der Waals surface area (Å²) in [6.07, 6.45) is 5.01. The smallest absolute Gasteiger partial charge is 0.309 e. The van der Waals surface area contributed by atoms with Gasteiger partial charge in [-0.25, -0.2) is 9.97 Å². The lowest BCUT2D eigenvalue weighted by molar-refractivity contribution is -0.150. The number of carboxylic acids is 1. The highest BCUT2D eigenvalue weighted by Crippen LogP contribution is 2.36. The van der Waals surface area contributed by atoms with E-state index < -0.39 is 11.4 Å². The topological polar surface area (TPSA) is 79.5 Å². The third kappa shape index (κ3) is 3.06. The van der Waals surface area contributed by atoms with E-state index >= 15 is 0 Å². The minimum absolute atomic E-state index is 0.171. The van der Waals surface area contributed by atoms with Crippen molar-refractivity contribution in [1.82, 2.24) is 9.97 Å². The molecular formula is C17H21N3O3. The summed E-state index contributed by atoms with van der Waals surface area (Å²) in [6, 6.07) is 5.52. The van der Waals surface area contributed by atoms with Gasteiger partial charge in [-0.2, -0.15) is 0 Å². The second-order valence-corrected chi connectivity index (χ2v) is 6.51. The molecule has 0 aromatic carbocycles. The minimum Gasteiger partial charge on any atom is -0.481 e. The molecule has 122 valence electrons. The fraction of sp³-hybridized carbons (Fsp3) is 0.471. The van der Waals surface area contributed by atoms with Gasteiger partial charge in [0.05, 0.1) is 11.7 Å². The highest BCUT2D eigenvalue weighted by atomic mass is 16.4. The molecule has 0 spiro atoms. The van der Waals surface area contributed by atoms with E-state index in [-0.39, 0.29) is 5.92 Å². The lowest BCUT2D eigenvalue weighted by atomic mass is 9.74. The molecule has 0 bridgehead atoms. The van der Waals surface area contributed by atoms with E-state index in [0.717, 1.165) is 37.4 Å². The minimum atomic E-state index is -0.730. The summed E-state index contributed by atoms with van der Waals surface area (Å²) >= 11 is 0. The molecule has 2 aromatic heterocycles. The van der Waals surface area contributed by atoms with Gasteiger partial charge in [0.1, 0.15) is 5.69 Å². The predicted molar refractivity (Wildman–Crippen MR) is 86.1 cm³/mol. The van der Waals surface area contributed by atoms with Gasteiger partial charge in [-0.15, -0.1) is 0 Å². The Morgan fingerprint density at radius 1 is 1.35 bits per heavy atom. The number of rotatable bonds is 4. The standard InChI is InChI=1S/C17H21N3O3/c1-17(2,15(21)22)12-6-9-20(10-7-12)16-18-8-5-13(19-16)14-4-3-11-23-14/h3-5,8,11-12H,6-7,9-10H2,1-2H3,(H,21,22). The third-order valence-electron chi connectivity index (χ3n) is 4.77. The lowest BCUT2D eigenvalue weighted by Gasteiger charge is -2.38. The molecule has 0 amide bonds. The Kier molecular flexibility index (Phi) is 4.07. The molecule has 6 nitrogen and oxygen atoms in total. The van der Waals surface area contributed by atoms with Gasteiger partial charge in [-0.05, 0) is 50.8 Å². The Balaban J connectivity index is 1.71. The first kappa shape index (κ1) is 15.5. The van der Waals surface area contributed by atoms with Gasteiger partial charge in [0, 0.05) is 19.3 Å². The summed E-state index contributed by atoms with van der Waals surface area (Å²) in [5, 5.41) is 9.37. The van der Waals surface area contributed by atoms with Crippen LogP contribution in [0.5, 0.6) is 0 Å². The Labute approximate surface area is 135 Å². The number of carbonyl (C=O) groups is 1. The summed E-state index contributed by atoms with van der Waals surface area (Å²) < 4.78 is 5.38. The van der Waals surface area contributed by atoms with E-state index in [1.807, 2.05) is 32.0 Å². The maximum atomic E-state index is 11.4. The zero-order chi connectivity index (χ0) is 16.4. The van der Waals surface area contributed by atoms with Crippen LogP contribution in [0.2, 0.25) is 0 Å². The number of hydrogen-bond donors (Lipinski definition) is 1. The Hall–Kier alpha value is -2.37. The van der Waals surface area contributed by atoms with Crippen LogP contribution in [-0.4, -0.2) is 34.1 Å². The van der Waals surface area contributed by atoms with E-state index in [4.69, 9.17) is 4.42 Å². The Morgan fingerprint density at radius 3 is 2.70 bits per heavy atom. The van der Waals surface area contributed by atoms with Crippen LogP contribution in [0.15, 0.2) is 35.1 Å². The largest absolute Gasteiger partial charge is 0.481 e. The molecule has 1 N–H and O–H groups in total. The summed E-state index contributed by atoms with van der Waals surface area (Å²) in [4.78, 5) is 22.4. The van der Waals surface area contributed by atoms with Gasteiger partial charge < -0.3 is 14.4 Å². The van der Waals surface area contributed by atoms with E-state index in [1.165, 1.54) is 0 Å². The number of carboxylic acid groups (broad SMARTS) is 1. The fourth-order valence-electron chi connectivity index (χ4n) is 3.04.